The van der Waals surface area contributed by atoms with E-state index in [0.717, 1.165) is 10.9 Å². The van der Waals surface area contributed by atoms with Gasteiger partial charge in [0.15, 0.2) is 5.69 Å². The molecule has 2 amide bonds. The topological polar surface area (TPSA) is 114 Å². The largest absolute Gasteiger partial charge is 0.433 e. The van der Waals surface area contributed by atoms with Gasteiger partial charge in [0.2, 0.25) is 0 Å². The van der Waals surface area contributed by atoms with Crippen molar-refractivity contribution < 1.29 is 22.8 Å². The molecule has 0 radical (unpaired) electrons. The molecule has 0 fully saturated rings. The van der Waals surface area contributed by atoms with Gasteiger partial charge in [-0.2, -0.15) is 18.3 Å². The van der Waals surface area contributed by atoms with Crippen molar-refractivity contribution in [2.45, 2.75) is 13.1 Å². The first-order valence-corrected chi connectivity index (χ1v) is 10.1. The number of H-pyrrole nitrogens is 1. The summed E-state index contributed by atoms with van der Waals surface area (Å²) in [6.07, 6.45) is -4.65. The van der Waals surface area contributed by atoms with Crippen LogP contribution in [-0.4, -0.2) is 27.0 Å². The third-order valence-electron chi connectivity index (χ3n) is 4.21. The number of hydrogen-bond donors (Lipinski definition) is 3. The first-order valence-electron chi connectivity index (χ1n) is 8.37. The molecule has 0 aliphatic carbocycles. The van der Waals surface area contributed by atoms with Gasteiger partial charge in [-0.1, -0.05) is 6.07 Å². The number of aromatic amines is 1. The number of nitrogens with one attached hydrogen (secondary N) is 2. The molecule has 4 aromatic heterocycles. The van der Waals surface area contributed by atoms with Crippen molar-refractivity contribution in [3.05, 3.63) is 51.5 Å². The van der Waals surface area contributed by atoms with Crippen LogP contribution in [0.1, 0.15) is 31.4 Å². The molecule has 4 N–H and O–H groups in total. The number of amides is 2. The Morgan fingerprint density at radius 1 is 1.27 bits per heavy atom. The molecule has 0 atom stereocenters. The number of halogens is 3. The lowest BCUT2D eigenvalue weighted by Crippen LogP contribution is -2.17. The molecular weight excluding hydrogens is 439 g/mol. The number of anilines is 1. The lowest BCUT2D eigenvalue weighted by molar-refractivity contribution is -0.141. The van der Waals surface area contributed by atoms with Crippen LogP contribution in [0.25, 0.3) is 20.8 Å². The molecule has 0 saturated heterocycles. The standard InChI is InChI=1S/C18H12F3N5O2S2/c1-7-5-11(18(19,20)21)23-17-12(7)13(14(30-17)15(22)27)24-16(28)9-6-8(25-26-9)10-3-2-4-29-10/h2-6H,1H3,(H2,22,27)(H,24,28)(H,25,26). The number of aryl methyl sites for hydroxylation is 1. The second-order valence-corrected chi connectivity index (χ2v) is 8.22. The van der Waals surface area contributed by atoms with E-state index in [0.29, 0.717) is 17.0 Å². The third kappa shape index (κ3) is 3.55. The SMILES string of the molecule is Cc1cc(C(F)(F)F)nc2sc(C(N)=O)c(NC(=O)c3cc(-c4cccs4)[nH]n3)c12. The average Bonchev–Trinajstić information content (AvgIpc) is 3.40. The quantitative estimate of drug-likeness (QED) is 0.426. The van der Waals surface area contributed by atoms with Crippen LogP contribution in [0.4, 0.5) is 18.9 Å². The molecule has 154 valence electrons. The molecular formula is C18H12F3N5O2S2. The van der Waals surface area contributed by atoms with Gasteiger partial charge in [0.1, 0.15) is 15.4 Å². The number of fused-ring (bicyclic) bond motifs is 1. The van der Waals surface area contributed by atoms with Crippen molar-refractivity contribution >= 4 is 50.4 Å². The van der Waals surface area contributed by atoms with Crippen LogP contribution in [0.3, 0.4) is 0 Å². The zero-order chi connectivity index (χ0) is 21.6. The Balaban J connectivity index is 1.75. The van der Waals surface area contributed by atoms with Gasteiger partial charge in [0, 0.05) is 5.39 Å². The maximum atomic E-state index is 13.1. The Morgan fingerprint density at radius 2 is 2.03 bits per heavy atom. The zero-order valence-corrected chi connectivity index (χ0v) is 16.8. The molecule has 30 heavy (non-hydrogen) atoms. The van der Waals surface area contributed by atoms with Gasteiger partial charge in [-0.3, -0.25) is 14.7 Å². The number of primary amides is 1. The number of nitrogens with zero attached hydrogens (tertiary/aromatic N) is 2. The van der Waals surface area contributed by atoms with Gasteiger partial charge in [0.25, 0.3) is 11.8 Å². The van der Waals surface area contributed by atoms with E-state index in [9.17, 15) is 22.8 Å². The van der Waals surface area contributed by atoms with Crippen molar-refractivity contribution in [3.63, 3.8) is 0 Å². The van der Waals surface area contributed by atoms with Crippen molar-refractivity contribution in [1.29, 1.82) is 0 Å². The molecule has 7 nitrogen and oxygen atoms in total. The molecule has 0 spiro atoms. The van der Waals surface area contributed by atoms with Gasteiger partial charge < -0.3 is 11.1 Å². The summed E-state index contributed by atoms with van der Waals surface area (Å²) in [4.78, 5) is 28.9. The molecule has 0 bridgehead atoms. The summed E-state index contributed by atoms with van der Waals surface area (Å²) in [5.74, 6) is -1.53. The summed E-state index contributed by atoms with van der Waals surface area (Å²) >= 11 is 2.15. The summed E-state index contributed by atoms with van der Waals surface area (Å²) in [6.45, 7) is 1.44. The zero-order valence-electron chi connectivity index (χ0n) is 15.1. The second kappa shape index (κ2) is 7.22. The first-order chi connectivity index (χ1) is 14.1. The summed E-state index contributed by atoms with van der Waals surface area (Å²) in [7, 11) is 0. The molecule has 0 aliphatic rings. The Bertz CT molecular complexity index is 1280. The fourth-order valence-corrected chi connectivity index (χ4v) is 4.64. The van der Waals surface area contributed by atoms with Crippen LogP contribution < -0.4 is 11.1 Å². The summed E-state index contributed by atoms with van der Waals surface area (Å²) in [5.41, 5.74) is 5.20. The van der Waals surface area contributed by atoms with Crippen molar-refractivity contribution in [3.8, 4) is 10.6 Å². The van der Waals surface area contributed by atoms with Gasteiger partial charge in [-0.15, -0.1) is 22.7 Å². The number of nitrogens with two attached hydrogens (primary N) is 1. The maximum Gasteiger partial charge on any atom is 0.433 e. The van der Waals surface area contributed by atoms with Crippen molar-refractivity contribution in [1.82, 2.24) is 15.2 Å². The Morgan fingerprint density at radius 3 is 2.67 bits per heavy atom. The minimum atomic E-state index is -4.65. The van der Waals surface area contributed by atoms with E-state index in [1.54, 1.807) is 0 Å². The molecule has 0 aliphatic heterocycles. The van der Waals surface area contributed by atoms with Crippen LogP contribution in [0, 0.1) is 6.92 Å². The highest BCUT2D eigenvalue weighted by atomic mass is 32.1. The van der Waals surface area contributed by atoms with Crippen LogP contribution in [0.15, 0.2) is 29.6 Å². The Hall–Kier alpha value is -3.25. The van der Waals surface area contributed by atoms with Gasteiger partial charge in [-0.05, 0) is 36.1 Å². The number of hydrogen-bond acceptors (Lipinski definition) is 6. The molecule has 4 heterocycles. The van der Waals surface area contributed by atoms with E-state index >= 15 is 0 Å². The highest BCUT2D eigenvalue weighted by Gasteiger charge is 2.34. The van der Waals surface area contributed by atoms with Crippen LogP contribution in [0.5, 0.6) is 0 Å². The third-order valence-corrected chi connectivity index (χ3v) is 6.21. The van der Waals surface area contributed by atoms with Crippen LogP contribution in [0.2, 0.25) is 0 Å². The minimum Gasteiger partial charge on any atom is -0.365 e. The molecule has 0 saturated carbocycles. The average molecular weight is 451 g/mol. The minimum absolute atomic E-state index is 0.0203. The monoisotopic (exact) mass is 451 g/mol. The second-order valence-electron chi connectivity index (χ2n) is 6.27. The number of carbonyl (C=O) groups is 2. The molecule has 0 unspecified atom stereocenters. The number of rotatable bonds is 4. The molecule has 4 aromatic rings. The number of aromatic nitrogens is 3. The highest BCUT2D eigenvalue weighted by molar-refractivity contribution is 7.21. The normalized spacial score (nSPS) is 11.7. The summed E-state index contributed by atoms with van der Waals surface area (Å²) in [5, 5.41) is 11.4. The van der Waals surface area contributed by atoms with E-state index in [4.69, 9.17) is 5.73 Å². The number of alkyl halides is 3. The van der Waals surface area contributed by atoms with Crippen molar-refractivity contribution in [2.75, 3.05) is 5.32 Å². The number of carbonyl (C=O) groups excluding carboxylic acids is 2. The Kier molecular flexibility index (Phi) is 4.82. The van der Waals surface area contributed by atoms with Gasteiger partial charge in [-0.25, -0.2) is 4.98 Å². The predicted molar refractivity (Wildman–Crippen MR) is 108 cm³/mol. The molecule has 0 aromatic carbocycles. The predicted octanol–water partition coefficient (Wildman–Crippen LogP) is 4.43. The number of thiophene rings is 2. The van der Waals surface area contributed by atoms with E-state index in [1.165, 1.54) is 24.3 Å². The van der Waals surface area contributed by atoms with Gasteiger partial charge >= 0.3 is 6.18 Å². The number of pyridine rings is 1. The molecule has 12 heteroatoms. The fourth-order valence-electron chi connectivity index (χ4n) is 2.89. The smallest absolute Gasteiger partial charge is 0.365 e. The first kappa shape index (κ1) is 20.0. The van der Waals surface area contributed by atoms with E-state index in [1.807, 2.05) is 17.5 Å². The summed E-state index contributed by atoms with van der Waals surface area (Å²) < 4.78 is 39.2. The molecule has 4 rings (SSSR count). The maximum absolute atomic E-state index is 13.1. The van der Waals surface area contributed by atoms with E-state index in [2.05, 4.69) is 20.5 Å². The van der Waals surface area contributed by atoms with E-state index in [-0.39, 0.29) is 32.0 Å². The Labute approximate surface area is 174 Å². The van der Waals surface area contributed by atoms with Crippen molar-refractivity contribution in [2.24, 2.45) is 5.73 Å². The van der Waals surface area contributed by atoms with Crippen LogP contribution in [-0.2, 0) is 6.18 Å². The highest BCUT2D eigenvalue weighted by Crippen LogP contribution is 2.40. The fraction of sp³-hybridized carbons (Fsp3) is 0.111. The van der Waals surface area contributed by atoms with Crippen LogP contribution >= 0.6 is 22.7 Å². The van der Waals surface area contributed by atoms with E-state index < -0.39 is 23.7 Å². The van der Waals surface area contributed by atoms with Gasteiger partial charge in [0.05, 0.1) is 16.3 Å². The lowest BCUT2D eigenvalue weighted by atomic mass is 10.1. The lowest BCUT2D eigenvalue weighted by Gasteiger charge is -2.09. The summed E-state index contributed by atoms with van der Waals surface area (Å²) in [6, 6.07) is 6.10.